The van der Waals surface area contributed by atoms with Crippen LogP contribution in [-0.2, 0) is 0 Å². The number of rotatable bonds is 8. The van der Waals surface area contributed by atoms with Crippen LogP contribution < -0.4 is 14.8 Å². The fourth-order valence-electron chi connectivity index (χ4n) is 2.53. The number of hydrogen-bond acceptors (Lipinski definition) is 6. The highest BCUT2D eigenvalue weighted by molar-refractivity contribution is 5.65. The Hall–Kier alpha value is -3.27. The van der Waals surface area contributed by atoms with Gasteiger partial charge in [-0.1, -0.05) is 6.07 Å². The smallest absolute Gasteiger partial charge is 0.293 e. The molecule has 0 aromatic heterocycles. The van der Waals surface area contributed by atoms with Gasteiger partial charge < -0.3 is 14.8 Å². The molecule has 0 aliphatic heterocycles. The SMILES string of the molecule is CCOc1ccc(C(C)Nc2ccc(C#N)cc2[N+](=O)[O-])cc1OCC. The maximum atomic E-state index is 11.3. The first-order chi connectivity index (χ1) is 12.5. The van der Waals surface area contributed by atoms with Gasteiger partial charge in [0.05, 0.1) is 29.8 Å². The molecule has 136 valence electrons. The highest BCUT2D eigenvalue weighted by Crippen LogP contribution is 2.33. The zero-order valence-electron chi connectivity index (χ0n) is 15.0. The van der Waals surface area contributed by atoms with Gasteiger partial charge in [0.1, 0.15) is 5.69 Å². The van der Waals surface area contributed by atoms with Gasteiger partial charge in [0.2, 0.25) is 0 Å². The largest absolute Gasteiger partial charge is 0.490 e. The van der Waals surface area contributed by atoms with Crippen LogP contribution in [0.3, 0.4) is 0 Å². The van der Waals surface area contributed by atoms with Crippen LogP contribution in [0.15, 0.2) is 36.4 Å². The minimum Gasteiger partial charge on any atom is -0.490 e. The Bertz CT molecular complexity index is 830. The lowest BCUT2D eigenvalue weighted by Crippen LogP contribution is -2.09. The lowest BCUT2D eigenvalue weighted by Gasteiger charge is -2.18. The minimum absolute atomic E-state index is 0.133. The van der Waals surface area contributed by atoms with Crippen molar-refractivity contribution in [3.63, 3.8) is 0 Å². The fraction of sp³-hybridized carbons (Fsp3) is 0.316. The Morgan fingerprint density at radius 1 is 1.15 bits per heavy atom. The van der Waals surface area contributed by atoms with Crippen LogP contribution in [0, 0.1) is 21.4 Å². The third-order valence-corrected chi connectivity index (χ3v) is 3.76. The summed E-state index contributed by atoms with van der Waals surface area (Å²) in [5, 5.41) is 23.3. The number of ether oxygens (including phenoxy) is 2. The molecule has 26 heavy (non-hydrogen) atoms. The lowest BCUT2D eigenvalue weighted by atomic mass is 10.1. The second-order valence-corrected chi connectivity index (χ2v) is 5.54. The van der Waals surface area contributed by atoms with Gasteiger partial charge >= 0.3 is 0 Å². The topological polar surface area (TPSA) is 97.4 Å². The molecular weight excluding hydrogens is 334 g/mol. The Morgan fingerprint density at radius 2 is 1.85 bits per heavy atom. The number of nitriles is 1. The van der Waals surface area contributed by atoms with E-state index in [-0.39, 0.29) is 17.3 Å². The van der Waals surface area contributed by atoms with E-state index in [0.717, 1.165) is 5.56 Å². The molecule has 0 spiro atoms. The van der Waals surface area contributed by atoms with E-state index in [1.54, 1.807) is 12.1 Å². The Kier molecular flexibility index (Phi) is 6.39. The van der Waals surface area contributed by atoms with Crippen molar-refractivity contribution in [1.82, 2.24) is 0 Å². The normalized spacial score (nSPS) is 11.3. The van der Waals surface area contributed by atoms with Gasteiger partial charge in [-0.05, 0) is 50.6 Å². The summed E-state index contributed by atoms with van der Waals surface area (Å²) < 4.78 is 11.2. The van der Waals surface area contributed by atoms with Crippen LogP contribution >= 0.6 is 0 Å². The molecule has 0 saturated carbocycles. The molecular formula is C19H21N3O4. The third kappa shape index (κ3) is 4.42. The highest BCUT2D eigenvalue weighted by Gasteiger charge is 2.18. The molecule has 2 aromatic rings. The van der Waals surface area contributed by atoms with Crippen molar-refractivity contribution in [2.24, 2.45) is 0 Å². The maximum absolute atomic E-state index is 11.3. The molecule has 2 aromatic carbocycles. The minimum atomic E-state index is -0.500. The molecule has 0 heterocycles. The summed E-state index contributed by atoms with van der Waals surface area (Å²) in [5.74, 6) is 1.30. The predicted molar refractivity (Wildman–Crippen MR) is 98.6 cm³/mol. The van der Waals surface area contributed by atoms with Crippen LogP contribution in [0.2, 0.25) is 0 Å². The van der Waals surface area contributed by atoms with Crippen molar-refractivity contribution < 1.29 is 14.4 Å². The van der Waals surface area contributed by atoms with Gasteiger partial charge in [-0.2, -0.15) is 5.26 Å². The van der Waals surface area contributed by atoms with Crippen molar-refractivity contribution >= 4 is 11.4 Å². The van der Waals surface area contributed by atoms with Crippen LogP contribution in [-0.4, -0.2) is 18.1 Å². The third-order valence-electron chi connectivity index (χ3n) is 3.76. The highest BCUT2D eigenvalue weighted by atomic mass is 16.6. The van der Waals surface area contributed by atoms with E-state index >= 15 is 0 Å². The van der Waals surface area contributed by atoms with Crippen molar-refractivity contribution in [1.29, 1.82) is 5.26 Å². The Morgan fingerprint density at radius 3 is 2.46 bits per heavy atom. The van der Waals surface area contributed by atoms with Gasteiger partial charge in [0.25, 0.3) is 5.69 Å². The number of nitrogens with one attached hydrogen (secondary N) is 1. The summed E-state index contributed by atoms with van der Waals surface area (Å²) in [6.45, 7) is 6.73. The summed E-state index contributed by atoms with van der Waals surface area (Å²) in [6.07, 6.45) is 0. The molecule has 0 amide bonds. The molecule has 7 nitrogen and oxygen atoms in total. The first kappa shape index (κ1) is 19.1. The predicted octanol–water partition coefficient (Wildman–Crippen LogP) is 4.44. The first-order valence-electron chi connectivity index (χ1n) is 8.34. The molecule has 1 N–H and O–H groups in total. The number of nitro groups is 1. The summed E-state index contributed by atoms with van der Waals surface area (Å²) in [7, 11) is 0. The Balaban J connectivity index is 2.30. The summed E-state index contributed by atoms with van der Waals surface area (Å²) in [4.78, 5) is 10.8. The summed E-state index contributed by atoms with van der Waals surface area (Å²) in [5.41, 5.74) is 1.37. The molecule has 1 atom stereocenters. The van der Waals surface area contributed by atoms with E-state index in [0.29, 0.717) is 30.4 Å². The average Bonchev–Trinajstić information content (AvgIpc) is 2.63. The van der Waals surface area contributed by atoms with E-state index in [1.165, 1.54) is 6.07 Å². The van der Waals surface area contributed by atoms with Gasteiger partial charge in [-0.3, -0.25) is 10.1 Å². The van der Waals surface area contributed by atoms with Crippen LogP contribution in [0.4, 0.5) is 11.4 Å². The van der Waals surface area contributed by atoms with Crippen LogP contribution in [0.1, 0.15) is 37.9 Å². The van der Waals surface area contributed by atoms with E-state index in [1.807, 2.05) is 45.0 Å². The molecule has 0 fully saturated rings. The van der Waals surface area contributed by atoms with Crippen molar-refractivity contribution in [3.8, 4) is 17.6 Å². The second-order valence-electron chi connectivity index (χ2n) is 5.54. The van der Waals surface area contributed by atoms with Gasteiger partial charge in [0, 0.05) is 12.1 Å². The molecule has 1 unspecified atom stereocenters. The van der Waals surface area contributed by atoms with E-state index in [9.17, 15) is 10.1 Å². The lowest BCUT2D eigenvalue weighted by molar-refractivity contribution is -0.384. The average molecular weight is 355 g/mol. The number of nitro benzene ring substituents is 1. The monoisotopic (exact) mass is 355 g/mol. The van der Waals surface area contributed by atoms with Crippen LogP contribution in [0.5, 0.6) is 11.5 Å². The van der Waals surface area contributed by atoms with Crippen molar-refractivity contribution in [2.75, 3.05) is 18.5 Å². The van der Waals surface area contributed by atoms with Gasteiger partial charge in [-0.15, -0.1) is 0 Å². The van der Waals surface area contributed by atoms with E-state index in [2.05, 4.69) is 5.32 Å². The first-order valence-corrected chi connectivity index (χ1v) is 8.34. The molecule has 0 saturated heterocycles. The van der Waals surface area contributed by atoms with Crippen LogP contribution in [0.25, 0.3) is 0 Å². The van der Waals surface area contributed by atoms with E-state index < -0.39 is 4.92 Å². The number of nitrogens with zero attached hydrogens (tertiary/aromatic N) is 2. The Labute approximate surface area is 152 Å². The molecule has 0 bridgehead atoms. The molecule has 7 heteroatoms. The second kappa shape index (κ2) is 8.72. The van der Waals surface area contributed by atoms with Gasteiger partial charge in [-0.25, -0.2) is 0 Å². The fourth-order valence-corrected chi connectivity index (χ4v) is 2.53. The number of benzene rings is 2. The maximum Gasteiger partial charge on any atom is 0.293 e. The molecule has 0 aliphatic rings. The van der Waals surface area contributed by atoms with E-state index in [4.69, 9.17) is 14.7 Å². The zero-order chi connectivity index (χ0) is 19.1. The standard InChI is InChI=1S/C19H21N3O4/c1-4-25-18-9-7-15(11-19(18)26-5-2)13(3)21-16-8-6-14(12-20)10-17(16)22(23)24/h6-11,13,21H,4-5H2,1-3H3. The number of hydrogen-bond donors (Lipinski definition) is 1. The number of anilines is 1. The van der Waals surface area contributed by atoms with Crippen molar-refractivity contribution in [2.45, 2.75) is 26.8 Å². The quantitative estimate of drug-likeness (QED) is 0.555. The molecule has 2 rings (SSSR count). The molecule has 0 radical (unpaired) electrons. The van der Waals surface area contributed by atoms with Crippen molar-refractivity contribution in [3.05, 3.63) is 57.6 Å². The van der Waals surface area contributed by atoms with Gasteiger partial charge in [0.15, 0.2) is 11.5 Å². The summed E-state index contributed by atoms with van der Waals surface area (Å²) in [6, 6.07) is 11.6. The molecule has 0 aliphatic carbocycles. The zero-order valence-corrected chi connectivity index (χ0v) is 15.0. The summed E-state index contributed by atoms with van der Waals surface area (Å²) >= 11 is 0.